The Morgan fingerprint density at radius 2 is 1.78 bits per heavy atom. The molecule has 0 fully saturated rings. The van der Waals surface area contributed by atoms with Crippen LogP contribution in [0.1, 0.15) is 19.4 Å². The van der Waals surface area contributed by atoms with E-state index in [4.69, 9.17) is 0 Å². The zero-order valence-electron chi connectivity index (χ0n) is 11.3. The summed E-state index contributed by atoms with van der Waals surface area (Å²) in [4.78, 5) is 4.90. The molecule has 0 spiro atoms. The Labute approximate surface area is 110 Å². The van der Waals surface area contributed by atoms with Gasteiger partial charge in [0.2, 0.25) is 0 Å². The van der Waals surface area contributed by atoms with Crippen molar-refractivity contribution in [1.29, 1.82) is 0 Å². The average Bonchev–Trinajstić information content (AvgIpc) is 2.42. The molecule has 0 aromatic heterocycles. The minimum atomic E-state index is 0.986. The average molecular weight is 242 g/mol. The van der Waals surface area contributed by atoms with Crippen LogP contribution in [0.15, 0.2) is 48.6 Å². The number of rotatable bonds is 4. The maximum atomic E-state index is 2.46. The summed E-state index contributed by atoms with van der Waals surface area (Å²) < 4.78 is 0. The molecule has 2 nitrogen and oxygen atoms in total. The Hall–Kier alpha value is -1.54. The van der Waals surface area contributed by atoms with E-state index in [1.807, 2.05) is 0 Å². The molecule has 1 aliphatic rings. The van der Waals surface area contributed by atoms with Crippen LogP contribution in [0.3, 0.4) is 0 Å². The van der Waals surface area contributed by atoms with Crippen molar-refractivity contribution in [2.45, 2.75) is 20.4 Å². The summed E-state index contributed by atoms with van der Waals surface area (Å²) in [5, 5.41) is 0. The summed E-state index contributed by atoms with van der Waals surface area (Å²) in [6, 6.07) is 8.72. The Kier molecular flexibility index (Phi) is 4.59. The molecule has 2 heteroatoms. The summed E-state index contributed by atoms with van der Waals surface area (Å²) in [6.07, 6.45) is 8.68. The third-order valence-electron chi connectivity index (χ3n) is 3.26. The summed E-state index contributed by atoms with van der Waals surface area (Å²) in [7, 11) is 0. The highest BCUT2D eigenvalue weighted by Gasteiger charge is 2.20. The number of fused-ring (bicyclic) bond motifs is 1. The minimum Gasteiger partial charge on any atom is -0.355 e. The molecule has 18 heavy (non-hydrogen) atoms. The van der Waals surface area contributed by atoms with Gasteiger partial charge in [-0.05, 0) is 25.5 Å². The number of allylic oxidation sites excluding steroid dienone is 2. The lowest BCUT2D eigenvalue weighted by Gasteiger charge is -2.37. The molecule has 1 aromatic rings. The molecular formula is C16H22N2. The molecule has 0 aliphatic carbocycles. The lowest BCUT2D eigenvalue weighted by atomic mass is 10.1. The predicted octanol–water partition coefficient (Wildman–Crippen LogP) is 3.42. The largest absolute Gasteiger partial charge is 0.355 e. The van der Waals surface area contributed by atoms with Crippen LogP contribution in [0.2, 0.25) is 0 Å². The van der Waals surface area contributed by atoms with Gasteiger partial charge in [-0.2, -0.15) is 0 Å². The first kappa shape index (κ1) is 12.9. The highest BCUT2D eigenvalue weighted by atomic mass is 15.3. The molecule has 0 radical (unpaired) electrons. The zero-order chi connectivity index (χ0) is 12.8. The van der Waals surface area contributed by atoms with E-state index in [9.17, 15) is 0 Å². The second-order valence-electron chi connectivity index (χ2n) is 4.64. The maximum absolute atomic E-state index is 2.46. The third-order valence-corrected chi connectivity index (χ3v) is 3.26. The lowest BCUT2D eigenvalue weighted by molar-refractivity contribution is 0.281. The van der Waals surface area contributed by atoms with E-state index in [-0.39, 0.29) is 0 Å². The first-order chi connectivity index (χ1) is 8.85. The van der Waals surface area contributed by atoms with E-state index < -0.39 is 0 Å². The Morgan fingerprint density at radius 3 is 2.56 bits per heavy atom. The van der Waals surface area contributed by atoms with Crippen LogP contribution in [-0.2, 0) is 6.54 Å². The lowest BCUT2D eigenvalue weighted by Crippen LogP contribution is -2.42. The van der Waals surface area contributed by atoms with Crippen LogP contribution in [0.5, 0.6) is 0 Å². The third kappa shape index (κ3) is 3.02. The molecule has 1 heterocycles. The van der Waals surface area contributed by atoms with Gasteiger partial charge in [0.05, 0.1) is 6.67 Å². The fourth-order valence-electron chi connectivity index (χ4n) is 2.33. The number of hydrogen-bond acceptors (Lipinski definition) is 2. The van der Waals surface area contributed by atoms with E-state index >= 15 is 0 Å². The number of para-hydroxylation sites is 1. The van der Waals surface area contributed by atoms with Crippen molar-refractivity contribution in [3.8, 4) is 0 Å². The monoisotopic (exact) mass is 242 g/mol. The van der Waals surface area contributed by atoms with Gasteiger partial charge in [0.25, 0.3) is 0 Å². The predicted molar refractivity (Wildman–Crippen MR) is 78.7 cm³/mol. The van der Waals surface area contributed by atoms with E-state index in [1.54, 1.807) is 0 Å². The number of anilines is 1. The van der Waals surface area contributed by atoms with Gasteiger partial charge in [-0.25, -0.2) is 0 Å². The number of nitrogens with zero attached hydrogens (tertiary/aromatic N) is 2. The summed E-state index contributed by atoms with van der Waals surface area (Å²) in [5.41, 5.74) is 2.81. The molecule has 0 saturated carbocycles. The van der Waals surface area contributed by atoms with Gasteiger partial charge in [0.15, 0.2) is 0 Å². The summed E-state index contributed by atoms with van der Waals surface area (Å²) in [5.74, 6) is 0. The van der Waals surface area contributed by atoms with Gasteiger partial charge in [-0.15, -0.1) is 0 Å². The fraction of sp³-hybridized carbons (Fsp3) is 0.375. The van der Waals surface area contributed by atoms with Gasteiger partial charge in [-0.3, -0.25) is 4.90 Å². The second-order valence-corrected chi connectivity index (χ2v) is 4.64. The Balaban J connectivity index is 2.17. The van der Waals surface area contributed by atoms with Crippen LogP contribution in [0.4, 0.5) is 5.69 Å². The van der Waals surface area contributed by atoms with E-state index in [2.05, 4.69) is 72.2 Å². The van der Waals surface area contributed by atoms with Crippen LogP contribution < -0.4 is 4.90 Å². The normalized spacial score (nSPS) is 16.7. The molecule has 0 bridgehead atoms. The van der Waals surface area contributed by atoms with Crippen molar-refractivity contribution in [1.82, 2.24) is 4.90 Å². The van der Waals surface area contributed by atoms with Crippen LogP contribution >= 0.6 is 0 Å². The molecule has 0 amide bonds. The van der Waals surface area contributed by atoms with Gasteiger partial charge in [0.1, 0.15) is 0 Å². The molecule has 0 N–H and O–H groups in total. The standard InChI is InChI=1S/C16H22N2/c1-3-5-11-17-13-15-9-7-8-10-16(15)18(14-17)12-6-4-2/h3-10H,11-14H2,1-2H3/b5-3+,6-4+. The SMILES string of the molecule is C/C=C/CN1Cc2ccccc2N(C/C=C/C)C1. The van der Waals surface area contributed by atoms with Crippen LogP contribution in [-0.4, -0.2) is 24.7 Å². The summed E-state index contributed by atoms with van der Waals surface area (Å²) >= 11 is 0. The number of benzene rings is 1. The van der Waals surface area contributed by atoms with Gasteiger partial charge < -0.3 is 4.90 Å². The summed E-state index contributed by atoms with van der Waals surface area (Å²) in [6.45, 7) is 8.22. The highest BCUT2D eigenvalue weighted by Crippen LogP contribution is 2.26. The Bertz CT molecular complexity index is 434. The maximum Gasteiger partial charge on any atom is 0.0716 e. The van der Waals surface area contributed by atoms with Crippen molar-refractivity contribution in [2.75, 3.05) is 24.7 Å². The molecule has 1 aromatic carbocycles. The fourth-order valence-corrected chi connectivity index (χ4v) is 2.33. The molecule has 1 aliphatic heterocycles. The van der Waals surface area contributed by atoms with Gasteiger partial charge >= 0.3 is 0 Å². The van der Waals surface area contributed by atoms with E-state index in [0.717, 1.165) is 26.3 Å². The smallest absolute Gasteiger partial charge is 0.0716 e. The molecular weight excluding hydrogens is 220 g/mol. The van der Waals surface area contributed by atoms with Gasteiger partial charge in [-0.1, -0.05) is 42.5 Å². The first-order valence-electron chi connectivity index (χ1n) is 6.62. The topological polar surface area (TPSA) is 6.48 Å². The zero-order valence-corrected chi connectivity index (χ0v) is 11.3. The van der Waals surface area contributed by atoms with Crippen LogP contribution in [0.25, 0.3) is 0 Å². The van der Waals surface area contributed by atoms with Crippen molar-refractivity contribution >= 4 is 5.69 Å². The Morgan fingerprint density at radius 1 is 1.06 bits per heavy atom. The highest BCUT2D eigenvalue weighted by molar-refractivity contribution is 5.55. The van der Waals surface area contributed by atoms with Gasteiger partial charge in [0, 0.05) is 25.3 Å². The van der Waals surface area contributed by atoms with E-state index in [1.165, 1.54) is 11.3 Å². The quantitative estimate of drug-likeness (QED) is 0.746. The molecule has 96 valence electrons. The van der Waals surface area contributed by atoms with Crippen molar-refractivity contribution in [3.63, 3.8) is 0 Å². The van der Waals surface area contributed by atoms with E-state index in [0.29, 0.717) is 0 Å². The molecule has 0 atom stereocenters. The molecule has 0 saturated heterocycles. The molecule has 0 unspecified atom stereocenters. The first-order valence-corrected chi connectivity index (χ1v) is 6.62. The van der Waals surface area contributed by atoms with Crippen molar-refractivity contribution in [2.24, 2.45) is 0 Å². The van der Waals surface area contributed by atoms with Crippen LogP contribution in [0, 0.1) is 0 Å². The van der Waals surface area contributed by atoms with Crippen molar-refractivity contribution in [3.05, 3.63) is 54.1 Å². The molecule has 2 rings (SSSR count). The second kappa shape index (κ2) is 6.41. The minimum absolute atomic E-state index is 0.986. The number of hydrogen-bond donors (Lipinski definition) is 0. The van der Waals surface area contributed by atoms with Crippen molar-refractivity contribution < 1.29 is 0 Å².